The number of aliphatic hydroxyl groups excluding tert-OH is 1. The lowest BCUT2D eigenvalue weighted by molar-refractivity contribution is 0.176. The van der Waals surface area contributed by atoms with Crippen LogP contribution in [0.25, 0.3) is 0 Å². The molecule has 2 heteroatoms. The van der Waals surface area contributed by atoms with E-state index >= 15 is 0 Å². The number of hydrogen-bond acceptors (Lipinski definition) is 1. The molecule has 0 aliphatic heterocycles. The van der Waals surface area contributed by atoms with Crippen LogP contribution in [0.1, 0.15) is 31.7 Å². The molecule has 2 atom stereocenters. The van der Waals surface area contributed by atoms with E-state index in [0.717, 1.165) is 5.56 Å². The molecule has 0 saturated heterocycles. The van der Waals surface area contributed by atoms with Crippen LogP contribution in [0.3, 0.4) is 0 Å². The van der Waals surface area contributed by atoms with E-state index < -0.39 is 0 Å². The first-order valence-corrected chi connectivity index (χ1v) is 4.53. The zero-order chi connectivity index (χ0) is 9.84. The Hall–Kier alpha value is -0.890. The quantitative estimate of drug-likeness (QED) is 0.762. The molecule has 0 aliphatic rings. The maximum atomic E-state index is 12.6. The van der Waals surface area contributed by atoms with E-state index in [9.17, 15) is 4.39 Å². The zero-order valence-corrected chi connectivity index (χ0v) is 8.00. The Morgan fingerprint density at radius 1 is 1.23 bits per heavy atom. The van der Waals surface area contributed by atoms with Gasteiger partial charge in [-0.1, -0.05) is 19.1 Å². The van der Waals surface area contributed by atoms with Gasteiger partial charge in [-0.3, -0.25) is 0 Å². The summed E-state index contributed by atoms with van der Waals surface area (Å²) in [5.74, 6) is 0.0635. The lowest BCUT2D eigenvalue weighted by atomic mass is 9.96. The third-order valence-corrected chi connectivity index (χ3v) is 2.13. The highest BCUT2D eigenvalue weighted by atomic mass is 19.1. The summed E-state index contributed by atoms with van der Waals surface area (Å²) in [6.07, 6.45) is 0.408. The number of benzene rings is 1. The van der Waals surface area contributed by atoms with Crippen LogP contribution in [-0.4, -0.2) is 11.2 Å². The highest BCUT2D eigenvalue weighted by molar-refractivity contribution is 5.19. The molecule has 72 valence electrons. The van der Waals surface area contributed by atoms with Crippen molar-refractivity contribution in [1.82, 2.24) is 0 Å². The third kappa shape index (κ3) is 3.15. The minimum atomic E-state index is -0.306. The molecular weight excluding hydrogens is 167 g/mol. The minimum Gasteiger partial charge on any atom is -0.393 e. The second-order valence-electron chi connectivity index (χ2n) is 3.54. The van der Waals surface area contributed by atoms with Crippen molar-refractivity contribution in [2.75, 3.05) is 0 Å². The molecule has 0 radical (unpaired) electrons. The maximum absolute atomic E-state index is 12.6. The lowest BCUT2D eigenvalue weighted by Crippen LogP contribution is -2.05. The fourth-order valence-corrected chi connectivity index (χ4v) is 1.44. The number of rotatable bonds is 3. The first-order chi connectivity index (χ1) is 6.09. The van der Waals surface area contributed by atoms with E-state index in [2.05, 4.69) is 0 Å². The topological polar surface area (TPSA) is 20.2 Å². The van der Waals surface area contributed by atoms with Crippen molar-refractivity contribution in [3.05, 3.63) is 35.6 Å². The number of hydrogen-bond donors (Lipinski definition) is 1. The highest BCUT2D eigenvalue weighted by Gasteiger charge is 2.08. The summed E-state index contributed by atoms with van der Waals surface area (Å²) in [7, 11) is 0. The molecular formula is C11H15FO. The summed E-state index contributed by atoms with van der Waals surface area (Å²) in [6.45, 7) is 3.79. The molecule has 0 saturated carbocycles. The van der Waals surface area contributed by atoms with Gasteiger partial charge in [0, 0.05) is 0 Å². The Balaban J connectivity index is 2.66. The average molecular weight is 182 g/mol. The van der Waals surface area contributed by atoms with Crippen molar-refractivity contribution in [2.24, 2.45) is 0 Å². The summed E-state index contributed by atoms with van der Waals surface area (Å²) >= 11 is 0. The van der Waals surface area contributed by atoms with Crippen molar-refractivity contribution >= 4 is 0 Å². The molecule has 0 aliphatic carbocycles. The Labute approximate surface area is 78.2 Å². The summed E-state index contributed by atoms with van der Waals surface area (Å²) in [6, 6.07) is 6.44. The van der Waals surface area contributed by atoms with Crippen molar-refractivity contribution < 1.29 is 9.50 Å². The number of aliphatic hydroxyl groups is 1. The molecule has 1 N–H and O–H groups in total. The summed E-state index contributed by atoms with van der Waals surface area (Å²) in [4.78, 5) is 0. The van der Waals surface area contributed by atoms with Gasteiger partial charge in [0.15, 0.2) is 0 Å². The van der Waals surface area contributed by atoms with Crippen molar-refractivity contribution in [1.29, 1.82) is 0 Å². The average Bonchev–Trinajstić information content (AvgIpc) is 2.04. The molecule has 0 heterocycles. The predicted molar refractivity (Wildman–Crippen MR) is 51.1 cm³/mol. The van der Waals surface area contributed by atoms with Crippen LogP contribution in [-0.2, 0) is 0 Å². The van der Waals surface area contributed by atoms with Crippen LogP contribution in [0.15, 0.2) is 24.3 Å². The van der Waals surface area contributed by atoms with E-state index in [4.69, 9.17) is 5.11 Å². The fourth-order valence-electron chi connectivity index (χ4n) is 1.44. The van der Waals surface area contributed by atoms with Gasteiger partial charge in [-0.25, -0.2) is 4.39 Å². The van der Waals surface area contributed by atoms with E-state index in [-0.39, 0.29) is 17.8 Å². The summed E-state index contributed by atoms with van der Waals surface area (Å²) in [5, 5.41) is 9.16. The monoisotopic (exact) mass is 182 g/mol. The van der Waals surface area contributed by atoms with E-state index in [1.54, 1.807) is 19.1 Å². The number of halogens is 1. The van der Waals surface area contributed by atoms with Crippen LogP contribution in [0.2, 0.25) is 0 Å². The maximum Gasteiger partial charge on any atom is 0.123 e. The standard InChI is InChI=1S/C11H15FO/c1-8(7-9(2)13)10-3-5-11(12)6-4-10/h3-6,8-9,13H,7H2,1-2H3/t8-,9-/m1/s1. The Morgan fingerprint density at radius 3 is 2.23 bits per heavy atom. The van der Waals surface area contributed by atoms with Crippen LogP contribution < -0.4 is 0 Å². The lowest BCUT2D eigenvalue weighted by Gasteiger charge is -2.13. The largest absolute Gasteiger partial charge is 0.393 e. The molecule has 0 aromatic heterocycles. The molecule has 0 bridgehead atoms. The summed E-state index contributed by atoms with van der Waals surface area (Å²) < 4.78 is 12.6. The zero-order valence-electron chi connectivity index (χ0n) is 8.00. The Morgan fingerprint density at radius 2 is 1.77 bits per heavy atom. The van der Waals surface area contributed by atoms with Crippen molar-refractivity contribution in [3.8, 4) is 0 Å². The molecule has 1 aromatic carbocycles. The minimum absolute atomic E-state index is 0.215. The SMILES string of the molecule is C[C@H](C[C@@H](C)O)c1ccc(F)cc1. The van der Waals surface area contributed by atoms with E-state index in [1.165, 1.54) is 12.1 Å². The molecule has 1 rings (SSSR count). The van der Waals surface area contributed by atoms with Gasteiger partial charge in [-0.15, -0.1) is 0 Å². The first kappa shape index (κ1) is 10.2. The predicted octanol–water partition coefficient (Wildman–Crippen LogP) is 2.70. The van der Waals surface area contributed by atoms with Crippen LogP contribution in [0.4, 0.5) is 4.39 Å². The normalized spacial score (nSPS) is 15.4. The van der Waals surface area contributed by atoms with E-state index in [1.807, 2.05) is 6.92 Å². The van der Waals surface area contributed by atoms with Crippen molar-refractivity contribution in [2.45, 2.75) is 32.3 Å². The molecule has 1 nitrogen and oxygen atoms in total. The molecule has 1 aromatic rings. The molecule has 13 heavy (non-hydrogen) atoms. The molecule has 0 unspecified atom stereocenters. The second-order valence-corrected chi connectivity index (χ2v) is 3.54. The Kier molecular flexibility index (Phi) is 3.43. The third-order valence-electron chi connectivity index (χ3n) is 2.13. The van der Waals surface area contributed by atoms with Gasteiger partial charge in [-0.2, -0.15) is 0 Å². The van der Waals surface area contributed by atoms with Gasteiger partial charge in [0.2, 0.25) is 0 Å². The van der Waals surface area contributed by atoms with Crippen LogP contribution >= 0.6 is 0 Å². The van der Waals surface area contributed by atoms with Gasteiger partial charge in [-0.05, 0) is 37.0 Å². The summed E-state index contributed by atoms with van der Waals surface area (Å²) in [5.41, 5.74) is 1.07. The van der Waals surface area contributed by atoms with Gasteiger partial charge >= 0.3 is 0 Å². The van der Waals surface area contributed by atoms with Gasteiger partial charge < -0.3 is 5.11 Å². The molecule has 0 amide bonds. The van der Waals surface area contributed by atoms with Gasteiger partial charge in [0.1, 0.15) is 5.82 Å². The van der Waals surface area contributed by atoms with Gasteiger partial charge in [0.25, 0.3) is 0 Å². The van der Waals surface area contributed by atoms with Crippen molar-refractivity contribution in [3.63, 3.8) is 0 Å². The van der Waals surface area contributed by atoms with Gasteiger partial charge in [0.05, 0.1) is 6.10 Å². The highest BCUT2D eigenvalue weighted by Crippen LogP contribution is 2.20. The smallest absolute Gasteiger partial charge is 0.123 e. The van der Waals surface area contributed by atoms with Crippen LogP contribution in [0.5, 0.6) is 0 Å². The molecule has 0 spiro atoms. The van der Waals surface area contributed by atoms with E-state index in [0.29, 0.717) is 6.42 Å². The van der Waals surface area contributed by atoms with Crippen LogP contribution in [0, 0.1) is 5.82 Å². The molecule has 0 fully saturated rings. The second kappa shape index (κ2) is 4.38. The Bertz CT molecular complexity index is 253. The first-order valence-electron chi connectivity index (χ1n) is 4.53. The fraction of sp³-hybridized carbons (Fsp3) is 0.455.